The Kier molecular flexibility index (Phi) is 5.71. The number of carbonyl (C=O) groups is 2. The highest BCUT2D eigenvalue weighted by molar-refractivity contribution is 5.84. The first kappa shape index (κ1) is 15.5. The molecular formula is C15H20N2O4. The second kappa shape index (κ2) is 7.75. The van der Waals surface area contributed by atoms with Crippen molar-refractivity contribution < 1.29 is 19.4 Å². The number of morpholine rings is 1. The Bertz CT molecular complexity index is 472. The number of hydrogen-bond acceptors (Lipinski definition) is 4. The number of benzene rings is 1. The van der Waals surface area contributed by atoms with Crippen LogP contribution in [0.5, 0.6) is 0 Å². The van der Waals surface area contributed by atoms with E-state index >= 15 is 0 Å². The molecule has 0 radical (unpaired) electrons. The van der Waals surface area contributed by atoms with Gasteiger partial charge in [-0.05, 0) is 5.56 Å². The minimum absolute atomic E-state index is 0.0510. The van der Waals surface area contributed by atoms with Gasteiger partial charge in [0.05, 0.1) is 13.2 Å². The molecule has 1 heterocycles. The molecule has 2 unspecified atom stereocenters. The van der Waals surface area contributed by atoms with Gasteiger partial charge >= 0.3 is 5.97 Å². The van der Waals surface area contributed by atoms with Crippen molar-refractivity contribution in [3.8, 4) is 0 Å². The van der Waals surface area contributed by atoms with Gasteiger partial charge in [0.25, 0.3) is 0 Å². The molecule has 1 saturated heterocycles. The van der Waals surface area contributed by atoms with Crippen LogP contribution in [-0.2, 0) is 20.7 Å². The van der Waals surface area contributed by atoms with E-state index in [0.717, 1.165) is 5.56 Å². The smallest absolute Gasteiger partial charge is 0.326 e. The number of nitrogens with one attached hydrogen (secondary N) is 2. The van der Waals surface area contributed by atoms with Gasteiger partial charge < -0.3 is 20.5 Å². The molecule has 1 aromatic rings. The summed E-state index contributed by atoms with van der Waals surface area (Å²) < 4.78 is 5.27. The molecule has 1 aliphatic rings. The van der Waals surface area contributed by atoms with Gasteiger partial charge in [-0.1, -0.05) is 30.3 Å². The topological polar surface area (TPSA) is 87.7 Å². The lowest BCUT2D eigenvalue weighted by atomic mass is 10.1. The Hall–Kier alpha value is -1.92. The summed E-state index contributed by atoms with van der Waals surface area (Å²) in [6.45, 7) is 1.83. The number of amides is 1. The number of ether oxygens (including phenoxy) is 1. The molecule has 0 aliphatic carbocycles. The molecule has 0 aromatic heterocycles. The van der Waals surface area contributed by atoms with Gasteiger partial charge in [-0.2, -0.15) is 0 Å². The molecule has 1 aromatic carbocycles. The van der Waals surface area contributed by atoms with E-state index in [9.17, 15) is 14.7 Å². The van der Waals surface area contributed by atoms with Gasteiger partial charge in [0, 0.05) is 25.4 Å². The standard InChI is InChI=1S/C15H20N2O4/c18-14(9-12-10-21-7-6-16-12)17-13(15(19)20)8-11-4-2-1-3-5-11/h1-5,12-13,16H,6-10H2,(H,17,18)(H,19,20). The summed E-state index contributed by atoms with van der Waals surface area (Å²) in [6, 6.07) is 8.29. The van der Waals surface area contributed by atoms with Crippen molar-refractivity contribution in [1.82, 2.24) is 10.6 Å². The van der Waals surface area contributed by atoms with E-state index < -0.39 is 12.0 Å². The first-order valence-electron chi connectivity index (χ1n) is 7.02. The van der Waals surface area contributed by atoms with Crippen molar-refractivity contribution in [2.24, 2.45) is 0 Å². The average Bonchev–Trinajstić information content (AvgIpc) is 2.48. The lowest BCUT2D eigenvalue weighted by Gasteiger charge is -2.24. The third-order valence-electron chi connectivity index (χ3n) is 3.35. The van der Waals surface area contributed by atoms with Crippen molar-refractivity contribution in [3.05, 3.63) is 35.9 Å². The molecule has 0 saturated carbocycles. The van der Waals surface area contributed by atoms with Crippen molar-refractivity contribution in [2.75, 3.05) is 19.8 Å². The van der Waals surface area contributed by atoms with E-state index in [0.29, 0.717) is 19.8 Å². The maximum absolute atomic E-state index is 11.9. The van der Waals surface area contributed by atoms with Gasteiger partial charge in [0.2, 0.25) is 5.91 Å². The van der Waals surface area contributed by atoms with E-state index in [1.54, 1.807) is 0 Å². The highest BCUT2D eigenvalue weighted by atomic mass is 16.5. The van der Waals surface area contributed by atoms with Crippen LogP contribution in [-0.4, -0.2) is 48.8 Å². The van der Waals surface area contributed by atoms with Crippen LogP contribution in [0, 0.1) is 0 Å². The number of rotatable bonds is 6. The molecule has 0 spiro atoms. The Morgan fingerprint density at radius 2 is 2.14 bits per heavy atom. The number of carboxylic acids is 1. The molecule has 0 bridgehead atoms. The summed E-state index contributed by atoms with van der Waals surface area (Å²) in [6.07, 6.45) is 0.495. The van der Waals surface area contributed by atoms with Crippen molar-refractivity contribution in [3.63, 3.8) is 0 Å². The van der Waals surface area contributed by atoms with Gasteiger partial charge in [-0.3, -0.25) is 4.79 Å². The van der Waals surface area contributed by atoms with Crippen LogP contribution in [0.2, 0.25) is 0 Å². The second-order valence-electron chi connectivity index (χ2n) is 5.08. The minimum Gasteiger partial charge on any atom is -0.480 e. The molecule has 114 valence electrons. The monoisotopic (exact) mass is 292 g/mol. The summed E-state index contributed by atoms with van der Waals surface area (Å²) in [7, 11) is 0. The Morgan fingerprint density at radius 3 is 2.76 bits per heavy atom. The second-order valence-corrected chi connectivity index (χ2v) is 5.08. The lowest BCUT2D eigenvalue weighted by molar-refractivity contribution is -0.141. The maximum atomic E-state index is 11.9. The van der Waals surface area contributed by atoms with Crippen LogP contribution in [0.4, 0.5) is 0 Å². The van der Waals surface area contributed by atoms with Crippen LogP contribution < -0.4 is 10.6 Å². The average molecular weight is 292 g/mol. The Morgan fingerprint density at radius 1 is 1.38 bits per heavy atom. The summed E-state index contributed by atoms with van der Waals surface area (Å²) in [5.74, 6) is -1.30. The fraction of sp³-hybridized carbons (Fsp3) is 0.467. The van der Waals surface area contributed by atoms with Crippen LogP contribution in [0.3, 0.4) is 0 Å². The Balaban J connectivity index is 1.86. The predicted molar refractivity (Wildman–Crippen MR) is 76.9 cm³/mol. The summed E-state index contributed by atoms with van der Waals surface area (Å²) in [5, 5.41) is 15.0. The highest BCUT2D eigenvalue weighted by Gasteiger charge is 2.23. The number of carbonyl (C=O) groups excluding carboxylic acids is 1. The number of hydrogen-bond donors (Lipinski definition) is 3. The predicted octanol–water partition coefficient (Wildman–Crippen LogP) is 0.177. The molecule has 6 nitrogen and oxygen atoms in total. The van der Waals surface area contributed by atoms with Crippen LogP contribution in [0.15, 0.2) is 30.3 Å². The van der Waals surface area contributed by atoms with Gasteiger partial charge in [-0.25, -0.2) is 4.79 Å². The first-order valence-corrected chi connectivity index (χ1v) is 7.02. The van der Waals surface area contributed by atoms with Gasteiger partial charge in [-0.15, -0.1) is 0 Å². The first-order chi connectivity index (χ1) is 10.1. The molecule has 1 amide bonds. The van der Waals surface area contributed by atoms with E-state index in [-0.39, 0.29) is 24.8 Å². The highest BCUT2D eigenvalue weighted by Crippen LogP contribution is 2.05. The van der Waals surface area contributed by atoms with Crippen LogP contribution >= 0.6 is 0 Å². The third-order valence-corrected chi connectivity index (χ3v) is 3.35. The molecule has 6 heteroatoms. The van der Waals surface area contributed by atoms with Crippen molar-refractivity contribution >= 4 is 11.9 Å². The fourth-order valence-electron chi connectivity index (χ4n) is 2.28. The molecule has 1 fully saturated rings. The lowest BCUT2D eigenvalue weighted by Crippen LogP contribution is -2.48. The van der Waals surface area contributed by atoms with E-state index in [1.165, 1.54) is 0 Å². The largest absolute Gasteiger partial charge is 0.480 e. The van der Waals surface area contributed by atoms with Crippen molar-refractivity contribution in [2.45, 2.75) is 24.9 Å². The Labute approximate surface area is 123 Å². The van der Waals surface area contributed by atoms with E-state index in [4.69, 9.17) is 4.74 Å². The molecule has 21 heavy (non-hydrogen) atoms. The zero-order valence-corrected chi connectivity index (χ0v) is 11.7. The third kappa shape index (κ3) is 5.17. The summed E-state index contributed by atoms with van der Waals surface area (Å²) in [4.78, 5) is 23.2. The summed E-state index contributed by atoms with van der Waals surface area (Å²) >= 11 is 0. The molecule has 2 rings (SSSR count). The van der Waals surface area contributed by atoms with E-state index in [1.807, 2.05) is 30.3 Å². The molecule has 2 atom stereocenters. The molecule has 1 aliphatic heterocycles. The maximum Gasteiger partial charge on any atom is 0.326 e. The van der Waals surface area contributed by atoms with E-state index in [2.05, 4.69) is 10.6 Å². The normalized spacial score (nSPS) is 19.7. The molecule has 3 N–H and O–H groups in total. The molecular weight excluding hydrogens is 272 g/mol. The van der Waals surface area contributed by atoms with Gasteiger partial charge in [0.1, 0.15) is 6.04 Å². The summed E-state index contributed by atoms with van der Waals surface area (Å²) in [5.41, 5.74) is 0.879. The quantitative estimate of drug-likeness (QED) is 0.696. The zero-order valence-electron chi connectivity index (χ0n) is 11.7. The number of carboxylic acid groups (broad SMARTS) is 1. The van der Waals surface area contributed by atoms with Crippen LogP contribution in [0.1, 0.15) is 12.0 Å². The van der Waals surface area contributed by atoms with Gasteiger partial charge in [0.15, 0.2) is 0 Å². The zero-order chi connectivity index (χ0) is 15.1. The SMILES string of the molecule is O=C(CC1COCCN1)NC(Cc1ccccc1)C(=O)O. The van der Waals surface area contributed by atoms with Crippen molar-refractivity contribution in [1.29, 1.82) is 0 Å². The van der Waals surface area contributed by atoms with Crippen LogP contribution in [0.25, 0.3) is 0 Å². The minimum atomic E-state index is -1.03. The fourth-order valence-corrected chi connectivity index (χ4v) is 2.28. The number of aliphatic carboxylic acids is 1.